The molecule has 0 aliphatic carbocycles. The van der Waals surface area contributed by atoms with Gasteiger partial charge in [-0.2, -0.15) is 0 Å². The summed E-state index contributed by atoms with van der Waals surface area (Å²) in [6.45, 7) is 4.44. The number of benzene rings is 4. The van der Waals surface area contributed by atoms with Crippen LogP contribution in [0.25, 0.3) is 22.3 Å². The van der Waals surface area contributed by atoms with Crippen LogP contribution >= 0.6 is 0 Å². The molecule has 0 saturated heterocycles. The van der Waals surface area contributed by atoms with Crippen LogP contribution in [0.1, 0.15) is 86.7 Å². The van der Waals surface area contributed by atoms with Gasteiger partial charge in [-0.3, -0.25) is 0 Å². The van der Waals surface area contributed by atoms with Gasteiger partial charge in [-0.25, -0.2) is 9.18 Å². The second-order valence-corrected chi connectivity index (χ2v) is 10.6. The van der Waals surface area contributed by atoms with Crippen LogP contribution in [0.15, 0.2) is 91.0 Å². The van der Waals surface area contributed by atoms with Crippen LogP contribution in [0.5, 0.6) is 5.75 Å². The maximum absolute atomic E-state index is 15.0. The molecule has 0 radical (unpaired) electrons. The molecule has 4 aromatic carbocycles. The molecule has 0 saturated carbocycles. The predicted molar refractivity (Wildman–Crippen MR) is 164 cm³/mol. The molecule has 4 rings (SSSR count). The molecule has 3 heteroatoms. The standard InChI is InChI=1S/C37H41FO2/c1-3-5-7-8-10-12-29-15-19-32(20-16-29)35-26-23-33(27-36(35)38)37(39)40-34-24-21-31(22-25-34)30-17-13-28(14-18-30)11-9-6-4-2/h13-27H,3-12H2,1-2H3. The molecular weight excluding hydrogens is 495 g/mol. The Kier molecular flexibility index (Phi) is 11.1. The number of carbonyl (C=O) groups is 1. The van der Waals surface area contributed by atoms with Crippen LogP contribution in [-0.2, 0) is 12.8 Å². The number of unbranched alkanes of at least 4 members (excludes halogenated alkanes) is 6. The molecule has 0 unspecified atom stereocenters. The van der Waals surface area contributed by atoms with Crippen LogP contribution < -0.4 is 4.74 Å². The van der Waals surface area contributed by atoms with Crippen molar-refractivity contribution in [3.63, 3.8) is 0 Å². The summed E-state index contributed by atoms with van der Waals surface area (Å²) in [7, 11) is 0. The molecule has 0 fully saturated rings. The van der Waals surface area contributed by atoms with E-state index in [9.17, 15) is 4.79 Å². The number of ether oxygens (including phenoxy) is 1. The number of rotatable bonds is 14. The molecule has 0 bridgehead atoms. The second kappa shape index (κ2) is 15.2. The van der Waals surface area contributed by atoms with Crippen molar-refractivity contribution in [2.45, 2.75) is 78.1 Å². The smallest absolute Gasteiger partial charge is 0.343 e. The SMILES string of the molecule is CCCCCCCc1ccc(-c2ccc(C(=O)Oc3ccc(-c4ccc(CCCCC)cc4)cc3)cc2F)cc1. The molecule has 4 aromatic rings. The molecule has 0 spiro atoms. The molecule has 0 aromatic heterocycles. The molecule has 0 aliphatic heterocycles. The third-order valence-electron chi connectivity index (χ3n) is 7.46. The van der Waals surface area contributed by atoms with Gasteiger partial charge in [-0.05, 0) is 77.8 Å². The highest BCUT2D eigenvalue weighted by Crippen LogP contribution is 2.27. The summed E-state index contributed by atoms with van der Waals surface area (Å²) >= 11 is 0. The average molecular weight is 537 g/mol. The number of esters is 1. The number of hydrogen-bond acceptors (Lipinski definition) is 2. The van der Waals surface area contributed by atoms with E-state index in [2.05, 4.69) is 50.2 Å². The minimum atomic E-state index is -0.576. The van der Waals surface area contributed by atoms with Crippen molar-refractivity contribution in [1.29, 1.82) is 0 Å². The molecule has 208 valence electrons. The quantitative estimate of drug-likeness (QED) is 0.0910. The normalized spacial score (nSPS) is 11.0. The van der Waals surface area contributed by atoms with E-state index in [1.165, 1.54) is 68.6 Å². The molecule has 0 aliphatic rings. The van der Waals surface area contributed by atoms with Crippen molar-refractivity contribution < 1.29 is 13.9 Å². The topological polar surface area (TPSA) is 26.3 Å². The van der Waals surface area contributed by atoms with Gasteiger partial charge in [0.05, 0.1) is 5.56 Å². The fourth-order valence-electron chi connectivity index (χ4n) is 4.98. The van der Waals surface area contributed by atoms with Crippen LogP contribution in [0.3, 0.4) is 0 Å². The van der Waals surface area contributed by atoms with Gasteiger partial charge in [0.25, 0.3) is 0 Å². The number of aryl methyl sites for hydroxylation is 2. The lowest BCUT2D eigenvalue weighted by Crippen LogP contribution is -2.09. The first kappa shape index (κ1) is 29.3. The van der Waals surface area contributed by atoms with E-state index in [-0.39, 0.29) is 5.56 Å². The van der Waals surface area contributed by atoms with Crippen molar-refractivity contribution in [3.05, 3.63) is 114 Å². The first-order valence-electron chi connectivity index (χ1n) is 14.9. The highest BCUT2D eigenvalue weighted by Gasteiger charge is 2.13. The summed E-state index contributed by atoms with van der Waals surface area (Å²) < 4.78 is 20.5. The highest BCUT2D eigenvalue weighted by atomic mass is 19.1. The lowest BCUT2D eigenvalue weighted by Gasteiger charge is -2.09. The highest BCUT2D eigenvalue weighted by molar-refractivity contribution is 5.91. The van der Waals surface area contributed by atoms with E-state index in [4.69, 9.17) is 4.74 Å². The van der Waals surface area contributed by atoms with E-state index >= 15 is 4.39 Å². The Labute approximate surface area is 239 Å². The summed E-state index contributed by atoms with van der Waals surface area (Å²) in [5.41, 5.74) is 6.27. The van der Waals surface area contributed by atoms with Crippen LogP contribution in [0.2, 0.25) is 0 Å². The summed E-state index contributed by atoms with van der Waals surface area (Å²) in [5, 5.41) is 0. The first-order valence-corrected chi connectivity index (χ1v) is 14.9. The fourth-order valence-corrected chi connectivity index (χ4v) is 4.98. The Balaban J connectivity index is 1.33. The predicted octanol–water partition coefficient (Wildman–Crippen LogP) is 10.6. The van der Waals surface area contributed by atoms with Gasteiger partial charge in [-0.1, -0.05) is 119 Å². The molecule has 40 heavy (non-hydrogen) atoms. The van der Waals surface area contributed by atoms with Crippen molar-refractivity contribution in [1.82, 2.24) is 0 Å². The second-order valence-electron chi connectivity index (χ2n) is 10.6. The Morgan fingerprint density at radius 1 is 0.600 bits per heavy atom. The van der Waals surface area contributed by atoms with Gasteiger partial charge in [0, 0.05) is 5.56 Å². The van der Waals surface area contributed by atoms with Gasteiger partial charge in [0.2, 0.25) is 0 Å². The van der Waals surface area contributed by atoms with Crippen LogP contribution in [-0.4, -0.2) is 5.97 Å². The molecular formula is C37H41FO2. The van der Waals surface area contributed by atoms with Crippen molar-refractivity contribution >= 4 is 5.97 Å². The number of halogens is 1. The minimum Gasteiger partial charge on any atom is -0.423 e. The monoisotopic (exact) mass is 536 g/mol. The molecule has 0 atom stereocenters. The lowest BCUT2D eigenvalue weighted by molar-refractivity contribution is 0.0734. The van der Waals surface area contributed by atoms with E-state index in [1.54, 1.807) is 24.3 Å². The maximum Gasteiger partial charge on any atom is 0.343 e. The third kappa shape index (κ3) is 8.39. The zero-order chi connectivity index (χ0) is 28.2. The Morgan fingerprint density at radius 2 is 1.10 bits per heavy atom. The summed E-state index contributed by atoms with van der Waals surface area (Å²) in [5.74, 6) is -0.581. The summed E-state index contributed by atoms with van der Waals surface area (Å²) in [4.78, 5) is 12.7. The zero-order valence-electron chi connectivity index (χ0n) is 23.9. The van der Waals surface area contributed by atoms with Crippen molar-refractivity contribution in [3.8, 4) is 28.0 Å². The van der Waals surface area contributed by atoms with Gasteiger partial charge >= 0.3 is 5.97 Å². The molecule has 0 amide bonds. The lowest BCUT2D eigenvalue weighted by atomic mass is 9.99. The molecule has 2 nitrogen and oxygen atoms in total. The van der Waals surface area contributed by atoms with E-state index in [0.717, 1.165) is 29.5 Å². The van der Waals surface area contributed by atoms with Gasteiger partial charge in [0.15, 0.2) is 0 Å². The van der Waals surface area contributed by atoms with Crippen LogP contribution in [0.4, 0.5) is 4.39 Å². The van der Waals surface area contributed by atoms with Crippen LogP contribution in [0, 0.1) is 5.82 Å². The van der Waals surface area contributed by atoms with Gasteiger partial charge in [0.1, 0.15) is 11.6 Å². The van der Waals surface area contributed by atoms with E-state index < -0.39 is 11.8 Å². The largest absolute Gasteiger partial charge is 0.423 e. The Morgan fingerprint density at radius 3 is 1.68 bits per heavy atom. The van der Waals surface area contributed by atoms with E-state index in [0.29, 0.717) is 11.3 Å². The van der Waals surface area contributed by atoms with E-state index in [1.807, 2.05) is 24.3 Å². The van der Waals surface area contributed by atoms with Gasteiger partial charge < -0.3 is 4.74 Å². The number of carbonyl (C=O) groups excluding carboxylic acids is 1. The Bertz CT molecular complexity index is 1340. The first-order chi connectivity index (χ1) is 19.6. The Hall–Kier alpha value is -3.72. The summed E-state index contributed by atoms with van der Waals surface area (Å²) in [6.07, 6.45) is 12.1. The average Bonchev–Trinajstić information content (AvgIpc) is 2.98. The maximum atomic E-state index is 15.0. The van der Waals surface area contributed by atoms with Crippen molar-refractivity contribution in [2.24, 2.45) is 0 Å². The van der Waals surface area contributed by atoms with Crippen molar-refractivity contribution in [2.75, 3.05) is 0 Å². The third-order valence-corrected chi connectivity index (χ3v) is 7.46. The molecule has 0 N–H and O–H groups in total. The number of hydrogen-bond donors (Lipinski definition) is 0. The summed E-state index contributed by atoms with van der Waals surface area (Å²) in [6, 6.07) is 28.7. The zero-order valence-corrected chi connectivity index (χ0v) is 23.9. The minimum absolute atomic E-state index is 0.188. The van der Waals surface area contributed by atoms with Gasteiger partial charge in [-0.15, -0.1) is 0 Å². The molecule has 0 heterocycles. The fraction of sp³-hybridized carbons (Fsp3) is 0.324.